The number of nitrogens with one attached hydrogen (secondary N) is 2. The molecule has 1 fully saturated rings. The van der Waals surface area contributed by atoms with E-state index in [-0.39, 0.29) is 18.0 Å². The first-order chi connectivity index (χ1) is 15.9. The Labute approximate surface area is 191 Å². The Morgan fingerprint density at radius 3 is 2.48 bits per heavy atom. The van der Waals surface area contributed by atoms with Gasteiger partial charge in [0.1, 0.15) is 12.4 Å². The highest BCUT2D eigenvalue weighted by Gasteiger charge is 2.15. The zero-order valence-corrected chi connectivity index (χ0v) is 19.0. The van der Waals surface area contributed by atoms with Crippen molar-refractivity contribution in [3.8, 4) is 0 Å². The topological polar surface area (TPSA) is 114 Å². The number of aromatic nitrogens is 4. The van der Waals surface area contributed by atoms with Crippen molar-refractivity contribution in [1.29, 1.82) is 0 Å². The summed E-state index contributed by atoms with van der Waals surface area (Å²) in [6.07, 6.45) is 1.39. The Bertz CT molecular complexity index is 1200. The Kier molecular flexibility index (Phi) is 6.64. The van der Waals surface area contributed by atoms with Crippen molar-refractivity contribution in [1.82, 2.24) is 19.5 Å². The van der Waals surface area contributed by atoms with E-state index in [4.69, 9.17) is 4.74 Å². The highest BCUT2D eigenvalue weighted by molar-refractivity contribution is 5.90. The largest absolute Gasteiger partial charge is 0.378 e. The predicted octanol–water partition coefficient (Wildman–Crippen LogP) is 2.18. The molecule has 1 saturated heterocycles. The molecule has 10 heteroatoms. The number of morpholine rings is 1. The van der Waals surface area contributed by atoms with E-state index >= 15 is 0 Å². The third-order valence-corrected chi connectivity index (χ3v) is 5.41. The molecule has 10 nitrogen and oxygen atoms in total. The van der Waals surface area contributed by atoms with Crippen molar-refractivity contribution in [3.63, 3.8) is 0 Å². The quantitative estimate of drug-likeness (QED) is 0.589. The first-order valence-corrected chi connectivity index (χ1v) is 10.8. The molecule has 3 aromatic rings. The highest BCUT2D eigenvalue weighted by atomic mass is 16.5. The van der Waals surface area contributed by atoms with Crippen LogP contribution in [0.25, 0.3) is 0 Å². The van der Waals surface area contributed by atoms with Gasteiger partial charge in [0.25, 0.3) is 5.56 Å². The molecule has 3 heterocycles. The van der Waals surface area contributed by atoms with Gasteiger partial charge < -0.3 is 20.3 Å². The van der Waals surface area contributed by atoms with Gasteiger partial charge in [-0.25, -0.2) is 9.97 Å². The van der Waals surface area contributed by atoms with Gasteiger partial charge in [-0.3, -0.25) is 14.2 Å². The van der Waals surface area contributed by atoms with E-state index in [2.05, 4.69) is 30.5 Å². The number of aryl methyl sites for hydroxylation is 2. The van der Waals surface area contributed by atoms with Crippen molar-refractivity contribution in [3.05, 3.63) is 64.0 Å². The number of ether oxygens (including phenoxy) is 1. The number of amides is 1. The second-order valence-corrected chi connectivity index (χ2v) is 7.93. The number of hydrogen-bond acceptors (Lipinski definition) is 8. The van der Waals surface area contributed by atoms with Crippen LogP contribution in [-0.2, 0) is 16.1 Å². The van der Waals surface area contributed by atoms with Gasteiger partial charge >= 0.3 is 0 Å². The van der Waals surface area contributed by atoms with Crippen molar-refractivity contribution in [2.45, 2.75) is 27.3 Å². The van der Waals surface area contributed by atoms with Gasteiger partial charge in [-0.2, -0.15) is 4.98 Å². The van der Waals surface area contributed by atoms with E-state index in [1.54, 1.807) is 26.0 Å². The Morgan fingerprint density at radius 1 is 1.06 bits per heavy atom. The lowest BCUT2D eigenvalue weighted by molar-refractivity contribution is -0.116. The Hall–Kier alpha value is -3.79. The Morgan fingerprint density at radius 2 is 1.76 bits per heavy atom. The molecule has 0 unspecified atom stereocenters. The Balaban J connectivity index is 1.39. The van der Waals surface area contributed by atoms with Crippen LogP contribution in [0.15, 0.2) is 41.5 Å². The van der Waals surface area contributed by atoms with Gasteiger partial charge in [-0.1, -0.05) is 0 Å². The molecule has 2 aromatic heterocycles. The summed E-state index contributed by atoms with van der Waals surface area (Å²) in [4.78, 5) is 40.1. The van der Waals surface area contributed by atoms with Crippen LogP contribution in [0.1, 0.15) is 17.0 Å². The molecular weight excluding hydrogens is 422 g/mol. The number of benzene rings is 1. The molecular formula is C23H27N7O3. The van der Waals surface area contributed by atoms with Crippen LogP contribution in [-0.4, -0.2) is 51.7 Å². The zero-order valence-electron chi connectivity index (χ0n) is 19.0. The fraction of sp³-hybridized carbons (Fsp3) is 0.348. The maximum absolute atomic E-state index is 12.4. The molecule has 2 N–H and O–H groups in total. The van der Waals surface area contributed by atoms with Gasteiger partial charge in [0.15, 0.2) is 0 Å². The molecule has 1 aliphatic heterocycles. The smallest absolute Gasteiger partial charge is 0.256 e. The predicted molar refractivity (Wildman–Crippen MR) is 126 cm³/mol. The molecule has 0 saturated carbocycles. The first-order valence-electron chi connectivity index (χ1n) is 10.8. The third kappa shape index (κ3) is 5.53. The molecule has 1 aromatic carbocycles. The molecule has 0 aliphatic carbocycles. The molecule has 1 amide bonds. The molecule has 0 radical (unpaired) electrons. The van der Waals surface area contributed by atoms with E-state index in [0.717, 1.165) is 24.5 Å². The number of hydrogen-bond donors (Lipinski definition) is 2. The number of rotatable bonds is 6. The lowest BCUT2D eigenvalue weighted by atomic mass is 10.2. The first kappa shape index (κ1) is 22.4. The normalized spacial score (nSPS) is 13.6. The zero-order chi connectivity index (χ0) is 23.4. The van der Waals surface area contributed by atoms with Gasteiger partial charge in [0.05, 0.1) is 19.5 Å². The van der Waals surface area contributed by atoms with Crippen LogP contribution in [0, 0.1) is 20.8 Å². The number of nitrogens with zero attached hydrogens (tertiary/aromatic N) is 5. The third-order valence-electron chi connectivity index (χ3n) is 5.41. The molecule has 1 aliphatic rings. The summed E-state index contributed by atoms with van der Waals surface area (Å²) in [5.74, 6) is 1.08. The van der Waals surface area contributed by atoms with Gasteiger partial charge in [-0.15, -0.1) is 0 Å². The van der Waals surface area contributed by atoms with Crippen LogP contribution >= 0.6 is 0 Å². The maximum Gasteiger partial charge on any atom is 0.256 e. The van der Waals surface area contributed by atoms with Gasteiger partial charge in [0, 0.05) is 47.5 Å². The molecule has 0 spiro atoms. The summed E-state index contributed by atoms with van der Waals surface area (Å²) in [6.45, 7) is 8.17. The minimum atomic E-state index is -0.301. The van der Waals surface area contributed by atoms with Gasteiger partial charge in [0.2, 0.25) is 11.9 Å². The second-order valence-electron chi connectivity index (χ2n) is 7.93. The van der Waals surface area contributed by atoms with E-state index in [9.17, 15) is 9.59 Å². The van der Waals surface area contributed by atoms with Crippen LogP contribution in [0.3, 0.4) is 0 Å². The monoisotopic (exact) mass is 449 g/mol. The minimum Gasteiger partial charge on any atom is -0.378 e. The standard InChI is InChI=1S/C23H27N7O3/c1-15-12-20(28-23(25-15)29-8-10-33-11-9-29)26-18-4-6-19(7-5-18)27-21(31)13-30-14-24-17(3)16(2)22(30)32/h4-7,12,14H,8-11,13H2,1-3H3,(H,27,31)(H,25,26,28). The number of carbonyl (C=O) groups excluding carboxylic acids is 1. The maximum atomic E-state index is 12.4. The molecule has 172 valence electrons. The fourth-order valence-corrected chi connectivity index (χ4v) is 3.45. The minimum absolute atomic E-state index is 0.0997. The SMILES string of the molecule is Cc1cc(Nc2ccc(NC(=O)Cn3cnc(C)c(C)c3=O)cc2)nc(N2CCOCC2)n1. The summed E-state index contributed by atoms with van der Waals surface area (Å²) < 4.78 is 6.70. The second kappa shape index (κ2) is 9.78. The van der Waals surface area contributed by atoms with Crippen molar-refractivity contribution in [2.24, 2.45) is 0 Å². The highest BCUT2D eigenvalue weighted by Crippen LogP contribution is 2.21. The summed E-state index contributed by atoms with van der Waals surface area (Å²) in [5.41, 5.74) is 3.31. The summed E-state index contributed by atoms with van der Waals surface area (Å²) in [6, 6.07) is 9.17. The molecule has 33 heavy (non-hydrogen) atoms. The summed E-state index contributed by atoms with van der Waals surface area (Å²) in [5, 5.41) is 6.09. The lowest BCUT2D eigenvalue weighted by Crippen LogP contribution is -2.37. The number of carbonyl (C=O) groups is 1. The van der Waals surface area contributed by atoms with E-state index < -0.39 is 0 Å². The van der Waals surface area contributed by atoms with Crippen molar-refractivity contribution < 1.29 is 9.53 Å². The van der Waals surface area contributed by atoms with Gasteiger partial charge in [-0.05, 0) is 45.0 Å². The van der Waals surface area contributed by atoms with E-state index in [1.165, 1.54) is 10.9 Å². The van der Waals surface area contributed by atoms with Crippen LogP contribution in [0.2, 0.25) is 0 Å². The van der Waals surface area contributed by atoms with Crippen LogP contribution in [0.5, 0.6) is 0 Å². The van der Waals surface area contributed by atoms with Crippen molar-refractivity contribution in [2.75, 3.05) is 41.8 Å². The fourth-order valence-electron chi connectivity index (χ4n) is 3.45. The summed E-state index contributed by atoms with van der Waals surface area (Å²) in [7, 11) is 0. The van der Waals surface area contributed by atoms with E-state index in [0.29, 0.717) is 41.9 Å². The van der Waals surface area contributed by atoms with Crippen LogP contribution < -0.4 is 21.1 Å². The molecule has 4 rings (SSSR count). The average Bonchev–Trinajstić information content (AvgIpc) is 2.81. The number of anilines is 4. The van der Waals surface area contributed by atoms with E-state index in [1.807, 2.05) is 25.1 Å². The van der Waals surface area contributed by atoms with Crippen LogP contribution in [0.4, 0.5) is 23.1 Å². The molecule has 0 bridgehead atoms. The summed E-state index contributed by atoms with van der Waals surface area (Å²) >= 11 is 0. The average molecular weight is 450 g/mol. The molecule has 0 atom stereocenters. The lowest BCUT2D eigenvalue weighted by Gasteiger charge is -2.27. The van der Waals surface area contributed by atoms with Crippen molar-refractivity contribution >= 4 is 29.0 Å².